The molecule has 1 amide bonds. The van der Waals surface area contributed by atoms with E-state index in [4.69, 9.17) is 5.73 Å². The summed E-state index contributed by atoms with van der Waals surface area (Å²) < 4.78 is 0. The van der Waals surface area contributed by atoms with Crippen molar-refractivity contribution >= 4 is 41.5 Å². The van der Waals surface area contributed by atoms with E-state index < -0.39 is 0 Å². The molecule has 0 aliphatic carbocycles. The van der Waals surface area contributed by atoms with Gasteiger partial charge in [0.05, 0.1) is 6.54 Å². The SMILES string of the molecule is CCC(C)NC(=O)c1cccc(CN=C(N)Nc2ccc(C(C)CC)cc2)c1.I. The molecule has 0 bridgehead atoms. The van der Waals surface area contributed by atoms with Gasteiger partial charge in [0, 0.05) is 17.3 Å². The molecule has 0 spiro atoms. The number of carbonyl (C=O) groups excluding carboxylic acids is 1. The second-order valence-electron chi connectivity index (χ2n) is 7.24. The maximum Gasteiger partial charge on any atom is 0.251 e. The Labute approximate surface area is 191 Å². The van der Waals surface area contributed by atoms with Crippen molar-refractivity contribution in [2.24, 2.45) is 10.7 Å². The normalized spacial score (nSPS) is 13.2. The van der Waals surface area contributed by atoms with Crippen LogP contribution in [0.25, 0.3) is 0 Å². The molecule has 4 N–H and O–H groups in total. The van der Waals surface area contributed by atoms with Crippen molar-refractivity contribution in [3.8, 4) is 0 Å². The lowest BCUT2D eigenvalue weighted by Gasteiger charge is -2.12. The number of anilines is 1. The number of carbonyl (C=O) groups is 1. The number of amides is 1. The molecule has 0 aromatic heterocycles. The zero-order valence-corrected chi connectivity index (χ0v) is 20.1. The van der Waals surface area contributed by atoms with E-state index in [0.29, 0.717) is 24.0 Å². The number of rotatable bonds is 8. The van der Waals surface area contributed by atoms with Gasteiger partial charge in [-0.1, -0.05) is 45.0 Å². The van der Waals surface area contributed by atoms with Crippen LogP contribution in [0.4, 0.5) is 5.69 Å². The molecular formula is C23H33IN4O. The molecule has 2 aromatic rings. The van der Waals surface area contributed by atoms with E-state index in [-0.39, 0.29) is 35.9 Å². The van der Waals surface area contributed by atoms with Gasteiger partial charge in [-0.25, -0.2) is 4.99 Å². The van der Waals surface area contributed by atoms with Crippen molar-refractivity contribution in [2.75, 3.05) is 5.32 Å². The quantitative estimate of drug-likeness (QED) is 0.258. The molecule has 0 saturated carbocycles. The maximum absolute atomic E-state index is 12.3. The number of benzene rings is 2. The summed E-state index contributed by atoms with van der Waals surface area (Å²) in [7, 11) is 0. The van der Waals surface area contributed by atoms with E-state index in [1.807, 2.05) is 50.2 Å². The van der Waals surface area contributed by atoms with E-state index in [1.165, 1.54) is 5.56 Å². The molecule has 0 aliphatic heterocycles. The van der Waals surface area contributed by atoms with Gasteiger partial charge >= 0.3 is 0 Å². The Balaban J connectivity index is 0.00000420. The molecule has 2 atom stereocenters. The number of halogens is 1. The first-order valence-electron chi connectivity index (χ1n) is 9.99. The van der Waals surface area contributed by atoms with Crippen LogP contribution < -0.4 is 16.4 Å². The lowest BCUT2D eigenvalue weighted by atomic mass is 9.99. The molecule has 0 radical (unpaired) electrons. The van der Waals surface area contributed by atoms with E-state index in [2.05, 4.69) is 41.6 Å². The fraction of sp³-hybridized carbons (Fsp3) is 0.391. The van der Waals surface area contributed by atoms with Gasteiger partial charge in [-0.2, -0.15) is 0 Å². The van der Waals surface area contributed by atoms with Crippen LogP contribution in [0.3, 0.4) is 0 Å². The first-order chi connectivity index (χ1) is 13.4. The number of nitrogens with one attached hydrogen (secondary N) is 2. The topological polar surface area (TPSA) is 79.5 Å². The third-order valence-electron chi connectivity index (χ3n) is 4.98. The Morgan fingerprint density at radius 2 is 1.76 bits per heavy atom. The van der Waals surface area contributed by atoms with Gasteiger partial charge < -0.3 is 16.4 Å². The zero-order valence-electron chi connectivity index (χ0n) is 17.7. The highest BCUT2D eigenvalue weighted by Gasteiger charge is 2.09. The fourth-order valence-electron chi connectivity index (χ4n) is 2.71. The van der Waals surface area contributed by atoms with E-state index in [0.717, 1.165) is 24.1 Å². The molecule has 29 heavy (non-hydrogen) atoms. The molecular weight excluding hydrogens is 475 g/mol. The van der Waals surface area contributed by atoms with E-state index >= 15 is 0 Å². The van der Waals surface area contributed by atoms with Crippen LogP contribution in [0.1, 0.15) is 67.9 Å². The van der Waals surface area contributed by atoms with Crippen LogP contribution in [0, 0.1) is 0 Å². The highest BCUT2D eigenvalue weighted by atomic mass is 127. The summed E-state index contributed by atoms with van der Waals surface area (Å²) in [5.41, 5.74) is 9.82. The first kappa shape index (κ1) is 24.9. The Hall–Kier alpha value is -2.09. The molecule has 2 rings (SSSR count). The molecule has 6 heteroatoms. The number of nitrogens with zero attached hydrogens (tertiary/aromatic N) is 1. The van der Waals surface area contributed by atoms with Crippen LogP contribution in [-0.2, 0) is 6.54 Å². The monoisotopic (exact) mass is 508 g/mol. The van der Waals surface area contributed by atoms with Crippen molar-refractivity contribution in [3.05, 3.63) is 65.2 Å². The Morgan fingerprint density at radius 3 is 2.38 bits per heavy atom. The van der Waals surface area contributed by atoms with Crippen molar-refractivity contribution < 1.29 is 4.79 Å². The predicted octanol–water partition coefficient (Wildman–Crippen LogP) is 5.27. The molecule has 0 heterocycles. The zero-order chi connectivity index (χ0) is 20.5. The summed E-state index contributed by atoms with van der Waals surface area (Å²) in [4.78, 5) is 16.7. The number of hydrogen-bond donors (Lipinski definition) is 3. The summed E-state index contributed by atoms with van der Waals surface area (Å²) >= 11 is 0. The van der Waals surface area contributed by atoms with Gasteiger partial charge in [-0.3, -0.25) is 4.79 Å². The van der Waals surface area contributed by atoms with Crippen LogP contribution in [0.2, 0.25) is 0 Å². The second kappa shape index (κ2) is 12.5. The smallest absolute Gasteiger partial charge is 0.251 e. The van der Waals surface area contributed by atoms with Crippen molar-refractivity contribution in [2.45, 2.75) is 59.0 Å². The van der Waals surface area contributed by atoms with Gasteiger partial charge in [0.15, 0.2) is 5.96 Å². The van der Waals surface area contributed by atoms with E-state index in [1.54, 1.807) is 0 Å². The van der Waals surface area contributed by atoms with Gasteiger partial charge in [0.2, 0.25) is 0 Å². The minimum Gasteiger partial charge on any atom is -0.370 e. The first-order valence-corrected chi connectivity index (χ1v) is 9.99. The highest BCUT2D eigenvalue weighted by Crippen LogP contribution is 2.20. The molecule has 2 unspecified atom stereocenters. The minimum atomic E-state index is -0.0623. The summed E-state index contributed by atoms with van der Waals surface area (Å²) in [6.45, 7) is 8.85. The number of nitrogens with two attached hydrogens (primary N) is 1. The largest absolute Gasteiger partial charge is 0.370 e. The van der Waals surface area contributed by atoms with Crippen LogP contribution >= 0.6 is 24.0 Å². The fourth-order valence-corrected chi connectivity index (χ4v) is 2.71. The van der Waals surface area contributed by atoms with E-state index in [9.17, 15) is 4.79 Å². The molecule has 0 aliphatic rings. The molecule has 158 valence electrons. The number of guanidine groups is 1. The molecule has 0 saturated heterocycles. The van der Waals surface area contributed by atoms with Gasteiger partial charge in [0.25, 0.3) is 5.91 Å². The molecule has 5 nitrogen and oxygen atoms in total. The second-order valence-corrected chi connectivity index (χ2v) is 7.24. The van der Waals surface area contributed by atoms with Gasteiger partial charge in [-0.15, -0.1) is 24.0 Å². The maximum atomic E-state index is 12.3. The molecule has 2 aromatic carbocycles. The van der Waals surface area contributed by atoms with Crippen LogP contribution in [0.15, 0.2) is 53.5 Å². The number of hydrogen-bond acceptors (Lipinski definition) is 2. The summed E-state index contributed by atoms with van der Waals surface area (Å²) in [6, 6.07) is 15.9. The third kappa shape index (κ3) is 8.04. The summed E-state index contributed by atoms with van der Waals surface area (Å²) in [5.74, 6) is 0.836. The van der Waals surface area contributed by atoms with Crippen LogP contribution in [0.5, 0.6) is 0 Å². The molecule has 0 fully saturated rings. The Morgan fingerprint density at radius 1 is 1.07 bits per heavy atom. The van der Waals surface area contributed by atoms with Crippen molar-refractivity contribution in [3.63, 3.8) is 0 Å². The summed E-state index contributed by atoms with van der Waals surface area (Å²) in [6.07, 6.45) is 2.01. The highest BCUT2D eigenvalue weighted by molar-refractivity contribution is 14.0. The van der Waals surface area contributed by atoms with Crippen LogP contribution in [-0.4, -0.2) is 17.9 Å². The average Bonchev–Trinajstić information content (AvgIpc) is 2.72. The minimum absolute atomic E-state index is 0. The van der Waals surface area contributed by atoms with Gasteiger partial charge in [0.1, 0.15) is 0 Å². The number of aliphatic imine (C=N–C) groups is 1. The lowest BCUT2D eigenvalue weighted by molar-refractivity contribution is 0.0939. The summed E-state index contributed by atoms with van der Waals surface area (Å²) in [5, 5.41) is 6.09. The predicted molar refractivity (Wildman–Crippen MR) is 133 cm³/mol. The third-order valence-corrected chi connectivity index (χ3v) is 4.98. The average molecular weight is 508 g/mol. The Kier molecular flexibility index (Phi) is 10.7. The van der Waals surface area contributed by atoms with Crippen molar-refractivity contribution in [1.82, 2.24) is 5.32 Å². The van der Waals surface area contributed by atoms with Crippen molar-refractivity contribution in [1.29, 1.82) is 0 Å². The standard InChI is InChI=1S/C23H32N4O.HI/c1-5-16(3)19-10-12-21(13-11-19)27-23(24)25-15-18-8-7-9-20(14-18)22(28)26-17(4)6-2;/h7-14,16-17H,5-6,15H2,1-4H3,(H,26,28)(H3,24,25,27);1H. The Bertz CT molecular complexity index is 805. The lowest BCUT2D eigenvalue weighted by Crippen LogP contribution is -2.31. The van der Waals surface area contributed by atoms with Gasteiger partial charge in [-0.05, 0) is 61.1 Å².